The fourth-order valence-electron chi connectivity index (χ4n) is 4.13. The van der Waals surface area contributed by atoms with Gasteiger partial charge < -0.3 is 4.52 Å². The third-order valence-corrected chi connectivity index (χ3v) is 6.23. The number of halogens is 2. The number of anilines is 1. The van der Waals surface area contributed by atoms with Crippen LogP contribution in [0.25, 0.3) is 11.3 Å². The van der Waals surface area contributed by atoms with Gasteiger partial charge in [-0.05, 0) is 72.7 Å². The topological polar surface area (TPSA) is 59.2 Å². The number of benzene rings is 2. The lowest BCUT2D eigenvalue weighted by Crippen LogP contribution is -2.31. The summed E-state index contributed by atoms with van der Waals surface area (Å²) in [5, 5.41) is 4.28. The van der Waals surface area contributed by atoms with Crippen LogP contribution in [0.3, 0.4) is 0 Å². The molecule has 166 valence electrons. The molecule has 0 atom stereocenters. The molecule has 0 radical (unpaired) electrons. The normalized spacial score (nSPS) is 12.9. The maximum atomic E-state index is 13.5. The Kier molecular flexibility index (Phi) is 5.92. The van der Waals surface area contributed by atoms with Crippen LogP contribution in [-0.2, 0) is 19.4 Å². The van der Waals surface area contributed by atoms with Crippen molar-refractivity contribution in [2.24, 2.45) is 0 Å². The van der Waals surface area contributed by atoms with Crippen molar-refractivity contribution in [3.05, 3.63) is 100 Å². The van der Waals surface area contributed by atoms with Crippen LogP contribution < -0.4 is 4.90 Å². The van der Waals surface area contributed by atoms with Crippen molar-refractivity contribution in [3.8, 4) is 11.3 Å². The number of carbonyl (C=O) groups is 1. The average Bonchev–Trinajstić information content (AvgIpc) is 3.34. The zero-order chi connectivity index (χ0) is 22.8. The van der Waals surface area contributed by atoms with E-state index >= 15 is 0 Å². The standard InChI is InChI=1S/C26H21ClFN3O2/c27-22-14-21(28)11-10-20(22)16-31(25-7-3-4-12-29-25)26(32)23-15-24(33-30-23)19-9-8-17-5-1-2-6-18(17)13-19/h3-4,7-15H,1-2,5-6,16H2. The van der Waals surface area contributed by atoms with Crippen molar-refractivity contribution in [3.63, 3.8) is 0 Å². The Labute approximate surface area is 195 Å². The Balaban J connectivity index is 1.46. The Morgan fingerprint density at radius 2 is 1.88 bits per heavy atom. The molecular formula is C26H21ClFN3O2. The molecule has 1 amide bonds. The van der Waals surface area contributed by atoms with Gasteiger partial charge >= 0.3 is 0 Å². The predicted molar refractivity (Wildman–Crippen MR) is 125 cm³/mol. The first-order chi connectivity index (χ1) is 16.1. The summed E-state index contributed by atoms with van der Waals surface area (Å²) in [7, 11) is 0. The molecule has 0 saturated heterocycles. The molecule has 2 aromatic heterocycles. The second-order valence-corrected chi connectivity index (χ2v) is 8.49. The van der Waals surface area contributed by atoms with Crippen LogP contribution in [0.15, 0.2) is 71.4 Å². The van der Waals surface area contributed by atoms with Crippen LogP contribution in [0.2, 0.25) is 5.02 Å². The number of fused-ring (bicyclic) bond motifs is 1. The molecule has 0 saturated carbocycles. The second kappa shape index (κ2) is 9.16. The maximum Gasteiger partial charge on any atom is 0.281 e. The van der Waals surface area contributed by atoms with Crippen molar-refractivity contribution >= 4 is 23.3 Å². The molecule has 5 nitrogen and oxygen atoms in total. The number of pyridine rings is 1. The van der Waals surface area contributed by atoms with E-state index in [0.29, 0.717) is 17.1 Å². The first-order valence-corrected chi connectivity index (χ1v) is 11.2. The van der Waals surface area contributed by atoms with Gasteiger partial charge in [-0.1, -0.05) is 41.0 Å². The van der Waals surface area contributed by atoms with Gasteiger partial charge in [0.2, 0.25) is 0 Å². The van der Waals surface area contributed by atoms with Crippen LogP contribution in [0.1, 0.15) is 40.0 Å². The maximum absolute atomic E-state index is 13.5. The lowest BCUT2D eigenvalue weighted by molar-refractivity contribution is 0.0975. The number of rotatable bonds is 5. The molecule has 1 aliphatic rings. The van der Waals surface area contributed by atoms with Crippen molar-refractivity contribution in [2.75, 3.05) is 4.90 Å². The summed E-state index contributed by atoms with van der Waals surface area (Å²) in [6, 6.07) is 17.3. The molecule has 0 fully saturated rings. The van der Waals surface area contributed by atoms with Gasteiger partial charge in [-0.3, -0.25) is 9.69 Å². The minimum Gasteiger partial charge on any atom is -0.355 e. The zero-order valence-electron chi connectivity index (χ0n) is 17.8. The van der Waals surface area contributed by atoms with E-state index in [1.165, 1.54) is 41.0 Å². The molecule has 1 aliphatic carbocycles. The summed E-state index contributed by atoms with van der Waals surface area (Å²) in [5.74, 6) is 0.140. The highest BCUT2D eigenvalue weighted by Crippen LogP contribution is 2.29. The van der Waals surface area contributed by atoms with E-state index in [1.807, 2.05) is 6.07 Å². The third kappa shape index (κ3) is 4.52. The molecule has 0 N–H and O–H groups in total. The SMILES string of the molecule is O=C(c1cc(-c2ccc3c(c2)CCCC3)on1)N(Cc1ccc(F)cc1Cl)c1ccccn1. The highest BCUT2D eigenvalue weighted by molar-refractivity contribution is 6.31. The van der Waals surface area contributed by atoms with Crippen LogP contribution in [0.5, 0.6) is 0 Å². The van der Waals surface area contributed by atoms with Gasteiger partial charge in [-0.15, -0.1) is 0 Å². The highest BCUT2D eigenvalue weighted by atomic mass is 35.5. The lowest BCUT2D eigenvalue weighted by atomic mass is 9.90. The van der Waals surface area contributed by atoms with E-state index in [-0.39, 0.29) is 23.2 Å². The van der Waals surface area contributed by atoms with Gasteiger partial charge in [0.1, 0.15) is 11.6 Å². The van der Waals surface area contributed by atoms with E-state index in [2.05, 4.69) is 22.3 Å². The number of aryl methyl sites for hydroxylation is 2. The quantitative estimate of drug-likeness (QED) is 0.352. The van der Waals surface area contributed by atoms with E-state index in [4.69, 9.17) is 16.1 Å². The molecule has 0 aliphatic heterocycles. The number of hydrogen-bond acceptors (Lipinski definition) is 4. The Morgan fingerprint density at radius 1 is 1.03 bits per heavy atom. The molecule has 2 heterocycles. The van der Waals surface area contributed by atoms with E-state index < -0.39 is 5.82 Å². The number of carbonyl (C=O) groups excluding carboxylic acids is 1. The smallest absolute Gasteiger partial charge is 0.281 e. The first kappa shape index (κ1) is 21.3. The fourth-order valence-corrected chi connectivity index (χ4v) is 4.35. The molecule has 4 aromatic rings. The fraction of sp³-hybridized carbons (Fsp3) is 0.192. The predicted octanol–water partition coefficient (Wildman–Crippen LogP) is 6.25. The van der Waals surface area contributed by atoms with Crippen LogP contribution in [-0.4, -0.2) is 16.0 Å². The number of hydrogen-bond donors (Lipinski definition) is 0. The summed E-state index contributed by atoms with van der Waals surface area (Å²) in [5.41, 5.74) is 4.35. The summed E-state index contributed by atoms with van der Waals surface area (Å²) < 4.78 is 19.0. The molecule has 5 rings (SSSR count). The van der Waals surface area contributed by atoms with Gasteiger partial charge in [0.25, 0.3) is 5.91 Å². The van der Waals surface area contributed by atoms with Crippen molar-refractivity contribution in [1.29, 1.82) is 0 Å². The molecule has 0 spiro atoms. The van der Waals surface area contributed by atoms with Crippen molar-refractivity contribution in [1.82, 2.24) is 10.1 Å². The monoisotopic (exact) mass is 461 g/mol. The molecular weight excluding hydrogens is 441 g/mol. The summed E-state index contributed by atoms with van der Waals surface area (Å²) >= 11 is 6.22. The van der Waals surface area contributed by atoms with Crippen LogP contribution in [0.4, 0.5) is 10.2 Å². The van der Waals surface area contributed by atoms with Crippen LogP contribution >= 0.6 is 11.6 Å². The van der Waals surface area contributed by atoms with Gasteiger partial charge in [0.15, 0.2) is 11.5 Å². The summed E-state index contributed by atoms with van der Waals surface area (Å²) in [6.45, 7) is 0.107. The third-order valence-electron chi connectivity index (χ3n) is 5.88. The van der Waals surface area contributed by atoms with Gasteiger partial charge in [-0.25, -0.2) is 9.37 Å². The zero-order valence-corrected chi connectivity index (χ0v) is 18.6. The molecule has 0 unspecified atom stereocenters. The lowest BCUT2D eigenvalue weighted by Gasteiger charge is -2.21. The molecule has 0 bridgehead atoms. The average molecular weight is 462 g/mol. The minimum absolute atomic E-state index is 0.107. The number of aromatic nitrogens is 2. The largest absolute Gasteiger partial charge is 0.355 e. The van der Waals surface area contributed by atoms with Crippen molar-refractivity contribution < 1.29 is 13.7 Å². The van der Waals surface area contributed by atoms with Crippen molar-refractivity contribution in [2.45, 2.75) is 32.2 Å². The van der Waals surface area contributed by atoms with Gasteiger partial charge in [-0.2, -0.15) is 0 Å². The summed E-state index contributed by atoms with van der Waals surface area (Å²) in [6.07, 6.45) is 6.15. The Hall–Kier alpha value is -3.51. The second-order valence-electron chi connectivity index (χ2n) is 8.08. The van der Waals surface area contributed by atoms with Gasteiger partial charge in [0.05, 0.1) is 6.54 Å². The molecule has 7 heteroatoms. The van der Waals surface area contributed by atoms with E-state index in [1.54, 1.807) is 36.5 Å². The van der Waals surface area contributed by atoms with Gasteiger partial charge in [0, 0.05) is 22.8 Å². The number of amides is 1. The number of nitrogens with zero attached hydrogens (tertiary/aromatic N) is 3. The molecule has 2 aromatic carbocycles. The van der Waals surface area contributed by atoms with E-state index in [0.717, 1.165) is 18.4 Å². The highest BCUT2D eigenvalue weighted by Gasteiger charge is 2.24. The molecule has 33 heavy (non-hydrogen) atoms. The van der Waals surface area contributed by atoms with Crippen LogP contribution in [0, 0.1) is 5.82 Å². The summed E-state index contributed by atoms with van der Waals surface area (Å²) in [4.78, 5) is 19.2. The Bertz CT molecular complexity index is 1310. The Morgan fingerprint density at radius 3 is 2.67 bits per heavy atom. The van der Waals surface area contributed by atoms with E-state index in [9.17, 15) is 9.18 Å². The minimum atomic E-state index is -0.439. The first-order valence-electron chi connectivity index (χ1n) is 10.8.